The molecule has 2 rings (SSSR count). The first-order valence-electron chi connectivity index (χ1n) is 7.15. The van der Waals surface area contributed by atoms with Gasteiger partial charge in [0.05, 0.1) is 0 Å². The summed E-state index contributed by atoms with van der Waals surface area (Å²) in [6, 6.07) is 5.45. The van der Waals surface area contributed by atoms with Gasteiger partial charge in [-0.3, -0.25) is 0 Å². The van der Waals surface area contributed by atoms with Crippen LogP contribution < -0.4 is 10.6 Å². The quantitative estimate of drug-likeness (QED) is 0.907. The Labute approximate surface area is 115 Å². The standard InChI is InChI=1S/C16H25FN2/c1-5-13(18)15(16(2,3)4)19-9-8-11-6-7-12(17)10-14(11)19/h6-7,10,13,15H,5,8-9,18H2,1-4H3. The fourth-order valence-corrected chi connectivity index (χ4v) is 3.23. The molecule has 0 radical (unpaired) electrons. The van der Waals surface area contributed by atoms with Gasteiger partial charge < -0.3 is 10.6 Å². The summed E-state index contributed by atoms with van der Waals surface area (Å²) in [5, 5.41) is 0. The van der Waals surface area contributed by atoms with Crippen LogP contribution in [0.2, 0.25) is 0 Å². The zero-order valence-electron chi connectivity index (χ0n) is 12.4. The normalized spacial score (nSPS) is 18.3. The smallest absolute Gasteiger partial charge is 0.125 e. The lowest BCUT2D eigenvalue weighted by molar-refractivity contribution is 0.263. The summed E-state index contributed by atoms with van der Waals surface area (Å²) in [5.74, 6) is -0.164. The molecule has 0 saturated carbocycles. The monoisotopic (exact) mass is 264 g/mol. The van der Waals surface area contributed by atoms with Gasteiger partial charge in [-0.25, -0.2) is 4.39 Å². The highest BCUT2D eigenvalue weighted by Gasteiger charge is 2.37. The van der Waals surface area contributed by atoms with E-state index < -0.39 is 0 Å². The maximum Gasteiger partial charge on any atom is 0.125 e. The second-order valence-electron chi connectivity index (χ2n) is 6.60. The van der Waals surface area contributed by atoms with E-state index in [1.807, 2.05) is 6.07 Å². The first-order valence-corrected chi connectivity index (χ1v) is 7.15. The molecule has 2 N–H and O–H groups in total. The summed E-state index contributed by atoms with van der Waals surface area (Å²) in [6.07, 6.45) is 1.92. The molecule has 19 heavy (non-hydrogen) atoms. The number of nitrogens with zero attached hydrogens (tertiary/aromatic N) is 1. The third-order valence-electron chi connectivity index (χ3n) is 4.08. The van der Waals surface area contributed by atoms with Gasteiger partial charge in [-0.15, -0.1) is 0 Å². The van der Waals surface area contributed by atoms with Crippen LogP contribution >= 0.6 is 0 Å². The molecule has 0 aromatic heterocycles. The van der Waals surface area contributed by atoms with Crippen molar-refractivity contribution >= 4 is 5.69 Å². The summed E-state index contributed by atoms with van der Waals surface area (Å²) in [7, 11) is 0. The lowest BCUT2D eigenvalue weighted by Crippen LogP contribution is -2.54. The molecule has 0 bridgehead atoms. The predicted molar refractivity (Wildman–Crippen MR) is 79.0 cm³/mol. The molecule has 2 nitrogen and oxygen atoms in total. The molecule has 3 heteroatoms. The summed E-state index contributed by atoms with van der Waals surface area (Å²) < 4.78 is 13.5. The lowest BCUT2D eigenvalue weighted by atomic mass is 9.80. The number of hydrogen-bond acceptors (Lipinski definition) is 2. The van der Waals surface area contributed by atoms with E-state index >= 15 is 0 Å². The van der Waals surface area contributed by atoms with Crippen molar-refractivity contribution in [2.45, 2.75) is 52.6 Å². The van der Waals surface area contributed by atoms with Gasteiger partial charge in [0.2, 0.25) is 0 Å². The van der Waals surface area contributed by atoms with Crippen molar-refractivity contribution in [2.75, 3.05) is 11.4 Å². The van der Waals surface area contributed by atoms with Gasteiger partial charge >= 0.3 is 0 Å². The first kappa shape index (κ1) is 14.3. The Morgan fingerprint density at radius 1 is 1.37 bits per heavy atom. The number of nitrogens with two attached hydrogens (primary N) is 1. The Kier molecular flexibility index (Phi) is 3.86. The highest BCUT2D eigenvalue weighted by molar-refractivity contribution is 5.59. The molecule has 0 amide bonds. The largest absolute Gasteiger partial charge is 0.366 e. The van der Waals surface area contributed by atoms with Crippen LogP contribution in [0, 0.1) is 11.2 Å². The van der Waals surface area contributed by atoms with Gasteiger partial charge in [-0.05, 0) is 36.0 Å². The minimum absolute atomic E-state index is 0.0728. The van der Waals surface area contributed by atoms with Crippen LogP contribution in [0.15, 0.2) is 18.2 Å². The third-order valence-corrected chi connectivity index (χ3v) is 4.08. The van der Waals surface area contributed by atoms with Crippen molar-refractivity contribution in [3.8, 4) is 0 Å². The van der Waals surface area contributed by atoms with Gasteiger partial charge in [0.25, 0.3) is 0 Å². The molecular weight excluding hydrogens is 239 g/mol. The molecule has 2 unspecified atom stereocenters. The van der Waals surface area contributed by atoms with Crippen LogP contribution in [-0.2, 0) is 6.42 Å². The summed E-state index contributed by atoms with van der Waals surface area (Å²) >= 11 is 0. The molecular formula is C16H25FN2. The van der Waals surface area contributed by atoms with E-state index in [1.54, 1.807) is 12.1 Å². The molecule has 1 heterocycles. The number of fused-ring (bicyclic) bond motifs is 1. The highest BCUT2D eigenvalue weighted by Crippen LogP contribution is 2.37. The van der Waals surface area contributed by atoms with E-state index in [2.05, 4.69) is 32.6 Å². The highest BCUT2D eigenvalue weighted by atomic mass is 19.1. The van der Waals surface area contributed by atoms with Gasteiger partial charge in [-0.2, -0.15) is 0 Å². The number of rotatable bonds is 3. The van der Waals surface area contributed by atoms with Crippen LogP contribution in [0.3, 0.4) is 0 Å². The third kappa shape index (κ3) is 2.76. The van der Waals surface area contributed by atoms with Crippen LogP contribution in [0.1, 0.15) is 39.7 Å². The van der Waals surface area contributed by atoms with E-state index in [0.29, 0.717) is 0 Å². The van der Waals surface area contributed by atoms with E-state index in [1.165, 1.54) is 5.56 Å². The molecule has 0 spiro atoms. The molecule has 1 aliphatic rings. The maximum absolute atomic E-state index is 13.5. The van der Waals surface area contributed by atoms with Gasteiger partial charge in [0.1, 0.15) is 5.82 Å². The number of anilines is 1. The van der Waals surface area contributed by atoms with Gasteiger partial charge in [0, 0.05) is 24.3 Å². The van der Waals surface area contributed by atoms with Crippen molar-refractivity contribution in [3.63, 3.8) is 0 Å². The average molecular weight is 264 g/mol. The minimum Gasteiger partial charge on any atom is -0.366 e. The van der Waals surface area contributed by atoms with Crippen LogP contribution in [0.25, 0.3) is 0 Å². The lowest BCUT2D eigenvalue weighted by Gasteiger charge is -2.43. The van der Waals surface area contributed by atoms with Crippen molar-refractivity contribution in [3.05, 3.63) is 29.6 Å². The Morgan fingerprint density at radius 2 is 2.05 bits per heavy atom. The fourth-order valence-electron chi connectivity index (χ4n) is 3.23. The zero-order valence-corrected chi connectivity index (χ0v) is 12.4. The molecule has 1 aliphatic heterocycles. The van der Waals surface area contributed by atoms with Crippen molar-refractivity contribution < 1.29 is 4.39 Å². The van der Waals surface area contributed by atoms with Crippen LogP contribution in [-0.4, -0.2) is 18.6 Å². The van der Waals surface area contributed by atoms with Crippen molar-refractivity contribution in [1.82, 2.24) is 0 Å². The Bertz CT molecular complexity index is 451. The van der Waals surface area contributed by atoms with E-state index in [4.69, 9.17) is 5.73 Å². The van der Waals surface area contributed by atoms with Gasteiger partial charge in [0.15, 0.2) is 0 Å². The maximum atomic E-state index is 13.5. The minimum atomic E-state index is -0.164. The molecule has 106 valence electrons. The number of benzene rings is 1. The topological polar surface area (TPSA) is 29.3 Å². The zero-order chi connectivity index (χ0) is 14.2. The van der Waals surface area contributed by atoms with Crippen molar-refractivity contribution in [1.29, 1.82) is 0 Å². The SMILES string of the molecule is CCC(N)C(N1CCc2ccc(F)cc21)C(C)(C)C. The van der Waals surface area contributed by atoms with E-state index in [-0.39, 0.29) is 23.3 Å². The number of hydrogen-bond donors (Lipinski definition) is 1. The molecule has 2 atom stereocenters. The van der Waals surface area contributed by atoms with E-state index in [9.17, 15) is 4.39 Å². The Hall–Kier alpha value is -1.09. The van der Waals surface area contributed by atoms with Crippen LogP contribution in [0.5, 0.6) is 0 Å². The van der Waals surface area contributed by atoms with Gasteiger partial charge in [-0.1, -0.05) is 33.8 Å². The molecule has 1 aromatic carbocycles. The van der Waals surface area contributed by atoms with E-state index in [0.717, 1.165) is 25.1 Å². The average Bonchev–Trinajstić information content (AvgIpc) is 2.70. The molecule has 1 aromatic rings. The molecule has 0 saturated heterocycles. The summed E-state index contributed by atoms with van der Waals surface area (Å²) in [4.78, 5) is 2.31. The Morgan fingerprint density at radius 3 is 2.63 bits per heavy atom. The molecule has 0 fully saturated rings. The first-order chi connectivity index (χ1) is 8.84. The van der Waals surface area contributed by atoms with Crippen LogP contribution in [0.4, 0.5) is 10.1 Å². The summed E-state index contributed by atoms with van der Waals surface area (Å²) in [6.45, 7) is 9.69. The fraction of sp³-hybridized carbons (Fsp3) is 0.625. The second kappa shape index (κ2) is 5.12. The second-order valence-corrected chi connectivity index (χ2v) is 6.60. The Balaban J connectivity index is 2.39. The summed E-state index contributed by atoms with van der Waals surface area (Å²) in [5.41, 5.74) is 8.68. The predicted octanol–water partition coefficient (Wildman–Crippen LogP) is 3.34. The molecule has 0 aliphatic carbocycles. The van der Waals surface area contributed by atoms with Crippen molar-refractivity contribution in [2.24, 2.45) is 11.1 Å². The number of halogens is 1.